The number of fused-ring (bicyclic) bond motifs is 1. The minimum atomic E-state index is -4.48. The molecule has 11 heteroatoms. The third kappa shape index (κ3) is 7.21. The lowest BCUT2D eigenvalue weighted by Gasteiger charge is -2.38. The van der Waals surface area contributed by atoms with Crippen molar-refractivity contribution in [1.82, 2.24) is 9.80 Å². The summed E-state index contributed by atoms with van der Waals surface area (Å²) >= 11 is 0. The minimum Gasteiger partial charge on any atom is -0.486 e. The van der Waals surface area contributed by atoms with Crippen molar-refractivity contribution >= 4 is 23.3 Å². The second kappa shape index (κ2) is 11.8. The standard InChI is InChI=1S/C28H35F3N4O4/c1-17-13-35(18(2)16-36)26(37)22-5-4-6-23(25(22)39-24(17)15-34(3)14-19-7-8-19)33-27(38)32-21-11-9-20(10-12-21)28(29,30)31/h4-6,9-12,17-19,24,36H,7-8,13-16H2,1-3H3,(H2,32,33,38)/t17-,18-,24-/m1/s1. The lowest BCUT2D eigenvalue weighted by atomic mass is 9.99. The Morgan fingerprint density at radius 1 is 1.15 bits per heavy atom. The molecule has 2 aromatic rings. The highest BCUT2D eigenvalue weighted by atomic mass is 19.4. The van der Waals surface area contributed by atoms with E-state index in [2.05, 4.69) is 15.5 Å². The van der Waals surface area contributed by atoms with Crippen molar-refractivity contribution in [2.45, 2.75) is 45.0 Å². The number of hydrogen-bond acceptors (Lipinski definition) is 5. The van der Waals surface area contributed by atoms with Gasteiger partial charge in [-0.15, -0.1) is 0 Å². The van der Waals surface area contributed by atoms with Crippen LogP contribution in [0.15, 0.2) is 42.5 Å². The molecule has 1 aliphatic carbocycles. The van der Waals surface area contributed by atoms with Crippen LogP contribution in [0.2, 0.25) is 0 Å². The van der Waals surface area contributed by atoms with Gasteiger partial charge in [-0.3, -0.25) is 4.79 Å². The molecule has 1 saturated carbocycles. The first-order chi connectivity index (χ1) is 18.5. The van der Waals surface area contributed by atoms with Crippen LogP contribution in [0.5, 0.6) is 5.75 Å². The highest BCUT2D eigenvalue weighted by Gasteiger charge is 2.35. The molecular weight excluding hydrogens is 513 g/mol. The number of carbonyl (C=O) groups excluding carboxylic acids is 2. The zero-order chi connectivity index (χ0) is 28.3. The van der Waals surface area contributed by atoms with Gasteiger partial charge in [-0.2, -0.15) is 13.2 Å². The fraction of sp³-hybridized carbons (Fsp3) is 0.500. The third-order valence-electron chi connectivity index (χ3n) is 7.17. The van der Waals surface area contributed by atoms with Crippen molar-refractivity contribution in [3.05, 3.63) is 53.6 Å². The second-order valence-corrected chi connectivity index (χ2v) is 10.6. The number of aliphatic hydroxyl groups excluding tert-OH is 1. The van der Waals surface area contributed by atoms with Crippen molar-refractivity contribution < 1.29 is 32.6 Å². The molecule has 1 fully saturated rings. The van der Waals surface area contributed by atoms with E-state index >= 15 is 0 Å². The van der Waals surface area contributed by atoms with Gasteiger partial charge < -0.3 is 30.3 Å². The number of halogens is 3. The molecule has 4 rings (SSSR count). The predicted molar refractivity (Wildman–Crippen MR) is 142 cm³/mol. The number of aliphatic hydroxyl groups is 1. The smallest absolute Gasteiger partial charge is 0.416 e. The lowest BCUT2D eigenvalue weighted by molar-refractivity contribution is -0.137. The van der Waals surface area contributed by atoms with Crippen LogP contribution < -0.4 is 15.4 Å². The predicted octanol–water partition coefficient (Wildman–Crippen LogP) is 4.91. The molecule has 3 atom stereocenters. The molecule has 3 amide bonds. The first-order valence-corrected chi connectivity index (χ1v) is 13.1. The molecule has 0 saturated heterocycles. The van der Waals surface area contributed by atoms with Crippen molar-refractivity contribution in [3.8, 4) is 5.75 Å². The van der Waals surface area contributed by atoms with E-state index in [9.17, 15) is 27.9 Å². The number of likely N-dealkylation sites (N-methyl/N-ethyl adjacent to an activating group) is 1. The Bertz CT molecular complexity index is 1170. The van der Waals surface area contributed by atoms with Gasteiger partial charge in [-0.05, 0) is 69.1 Å². The van der Waals surface area contributed by atoms with E-state index in [0.29, 0.717) is 19.0 Å². The number of ether oxygens (including phenoxy) is 1. The van der Waals surface area contributed by atoms with Crippen molar-refractivity contribution in [2.24, 2.45) is 11.8 Å². The molecule has 1 heterocycles. The molecule has 0 spiro atoms. The van der Waals surface area contributed by atoms with Crippen LogP contribution >= 0.6 is 0 Å². The maximum atomic E-state index is 13.6. The summed E-state index contributed by atoms with van der Waals surface area (Å²) in [4.78, 5) is 30.2. The largest absolute Gasteiger partial charge is 0.486 e. The third-order valence-corrected chi connectivity index (χ3v) is 7.17. The van der Waals surface area contributed by atoms with E-state index in [-0.39, 0.29) is 47.2 Å². The van der Waals surface area contributed by atoms with E-state index in [4.69, 9.17) is 4.74 Å². The summed E-state index contributed by atoms with van der Waals surface area (Å²) in [6, 6.07) is 7.83. The zero-order valence-corrected chi connectivity index (χ0v) is 22.3. The molecule has 0 aromatic heterocycles. The van der Waals surface area contributed by atoms with Crippen LogP contribution in [0.4, 0.5) is 29.3 Å². The number of amides is 3. The molecular formula is C28H35F3N4O4. The van der Waals surface area contributed by atoms with Crippen molar-refractivity contribution in [3.63, 3.8) is 0 Å². The van der Waals surface area contributed by atoms with E-state index in [0.717, 1.165) is 18.7 Å². The van der Waals surface area contributed by atoms with Crippen LogP contribution in [0.25, 0.3) is 0 Å². The van der Waals surface area contributed by atoms with Crippen LogP contribution in [-0.2, 0) is 6.18 Å². The van der Waals surface area contributed by atoms with Crippen molar-refractivity contribution in [1.29, 1.82) is 0 Å². The van der Waals surface area contributed by atoms with Gasteiger partial charge in [0.1, 0.15) is 6.10 Å². The summed E-state index contributed by atoms with van der Waals surface area (Å²) in [5.41, 5.74) is -0.138. The Balaban J connectivity index is 1.59. The first kappa shape index (κ1) is 28.7. The van der Waals surface area contributed by atoms with Gasteiger partial charge in [0.25, 0.3) is 5.91 Å². The summed E-state index contributed by atoms with van der Waals surface area (Å²) in [6.07, 6.45) is -2.36. The normalized spacial score (nSPS) is 20.5. The fourth-order valence-corrected chi connectivity index (χ4v) is 4.71. The number of nitrogens with one attached hydrogen (secondary N) is 2. The average molecular weight is 549 g/mol. The number of nitrogens with zero attached hydrogens (tertiary/aromatic N) is 2. The quantitative estimate of drug-likeness (QED) is 0.436. The number of para-hydroxylation sites is 1. The van der Waals surface area contributed by atoms with E-state index in [1.54, 1.807) is 30.0 Å². The second-order valence-electron chi connectivity index (χ2n) is 10.6. The summed E-state index contributed by atoms with van der Waals surface area (Å²) in [5.74, 6) is 0.503. The lowest BCUT2D eigenvalue weighted by Crippen LogP contribution is -2.50. The van der Waals surface area contributed by atoms with Gasteiger partial charge in [0.05, 0.1) is 29.5 Å². The van der Waals surface area contributed by atoms with Crippen LogP contribution in [0, 0.1) is 11.8 Å². The monoisotopic (exact) mass is 548 g/mol. The number of rotatable bonds is 8. The SMILES string of the molecule is C[C@@H]1CN([C@H](C)CO)C(=O)c2cccc(NC(=O)Nc3ccc(C(F)(F)F)cc3)c2O[C@@H]1CN(C)CC1CC1. The highest BCUT2D eigenvalue weighted by Crippen LogP contribution is 2.36. The first-order valence-electron chi connectivity index (χ1n) is 13.1. The van der Waals surface area contributed by atoms with E-state index < -0.39 is 23.8 Å². The summed E-state index contributed by atoms with van der Waals surface area (Å²) in [6.45, 7) is 5.53. The Morgan fingerprint density at radius 2 is 1.85 bits per heavy atom. The number of benzene rings is 2. The van der Waals surface area contributed by atoms with Crippen LogP contribution in [-0.4, -0.2) is 72.3 Å². The Labute approximate surface area is 226 Å². The van der Waals surface area contributed by atoms with Crippen LogP contribution in [0.3, 0.4) is 0 Å². The van der Waals surface area contributed by atoms with Gasteiger partial charge in [-0.1, -0.05) is 13.0 Å². The van der Waals surface area contributed by atoms with Crippen LogP contribution in [0.1, 0.15) is 42.6 Å². The Kier molecular flexibility index (Phi) is 8.70. The molecule has 0 bridgehead atoms. The van der Waals surface area contributed by atoms with Gasteiger partial charge in [0.15, 0.2) is 5.75 Å². The molecule has 2 aromatic carbocycles. The Hall–Kier alpha value is -3.31. The summed E-state index contributed by atoms with van der Waals surface area (Å²) in [7, 11) is 2.04. The summed E-state index contributed by atoms with van der Waals surface area (Å²) in [5, 5.41) is 15.0. The molecule has 1 aliphatic heterocycles. The number of hydrogen-bond donors (Lipinski definition) is 3. The van der Waals surface area contributed by atoms with Crippen molar-refractivity contribution in [2.75, 3.05) is 43.9 Å². The van der Waals surface area contributed by atoms with Gasteiger partial charge >= 0.3 is 12.2 Å². The molecule has 0 unspecified atom stereocenters. The number of alkyl halides is 3. The molecule has 39 heavy (non-hydrogen) atoms. The summed E-state index contributed by atoms with van der Waals surface area (Å²) < 4.78 is 45.1. The highest BCUT2D eigenvalue weighted by molar-refractivity contribution is 6.04. The number of carbonyl (C=O) groups is 2. The number of urea groups is 1. The minimum absolute atomic E-state index is 0.0771. The number of anilines is 2. The van der Waals surface area contributed by atoms with Gasteiger partial charge in [0.2, 0.25) is 0 Å². The fourth-order valence-electron chi connectivity index (χ4n) is 4.71. The topological polar surface area (TPSA) is 94.1 Å². The molecule has 8 nitrogen and oxygen atoms in total. The average Bonchev–Trinajstić information content (AvgIpc) is 3.69. The molecule has 3 N–H and O–H groups in total. The van der Waals surface area contributed by atoms with E-state index in [1.807, 2.05) is 14.0 Å². The Morgan fingerprint density at radius 3 is 2.46 bits per heavy atom. The molecule has 2 aliphatic rings. The van der Waals surface area contributed by atoms with E-state index in [1.165, 1.54) is 25.0 Å². The maximum Gasteiger partial charge on any atom is 0.416 e. The molecule has 0 radical (unpaired) electrons. The molecule has 212 valence electrons. The maximum absolute atomic E-state index is 13.6. The van der Waals surface area contributed by atoms with Gasteiger partial charge in [-0.25, -0.2) is 4.79 Å². The zero-order valence-electron chi connectivity index (χ0n) is 22.3. The van der Waals surface area contributed by atoms with Gasteiger partial charge in [0, 0.05) is 31.2 Å².